The second-order valence-electron chi connectivity index (χ2n) is 3.68. The number of benzene rings is 1. The Kier molecular flexibility index (Phi) is 5.87. The molecule has 0 bridgehead atoms. The summed E-state index contributed by atoms with van der Waals surface area (Å²) in [4.78, 5) is 0.0799. The van der Waals surface area contributed by atoms with Crippen molar-refractivity contribution in [3.8, 4) is 0 Å². The zero-order chi connectivity index (χ0) is 14.6. The van der Waals surface area contributed by atoms with E-state index in [-0.39, 0.29) is 27.2 Å². The van der Waals surface area contributed by atoms with E-state index in [2.05, 4.69) is 4.72 Å². The molecule has 0 amide bonds. The zero-order valence-electron chi connectivity index (χ0n) is 10.1. The minimum Gasteiger partial charge on any atom is -0.389 e. The Morgan fingerprint density at radius 1 is 1.53 bits per heavy atom. The fraction of sp³-hybridized carbons (Fsp3) is 0.300. The molecule has 0 aliphatic heterocycles. The van der Waals surface area contributed by atoms with E-state index in [0.717, 1.165) is 0 Å². The van der Waals surface area contributed by atoms with Crippen LogP contribution in [0.2, 0.25) is 5.02 Å². The monoisotopic (exact) mass is 340 g/mol. The molecule has 0 spiro atoms. The Hall–Kier alpha value is -0.540. The summed E-state index contributed by atoms with van der Waals surface area (Å²) < 4.78 is 37.1. The SMILES string of the molecule is CS(=O)CCNS(=O)(=O)c1ccc(C(N)=S)cc1Cl. The molecule has 0 fully saturated rings. The van der Waals surface area contributed by atoms with Crippen molar-refractivity contribution in [1.82, 2.24) is 4.72 Å². The van der Waals surface area contributed by atoms with Crippen molar-refractivity contribution in [3.05, 3.63) is 28.8 Å². The topological polar surface area (TPSA) is 89.3 Å². The number of rotatable bonds is 6. The van der Waals surface area contributed by atoms with Crippen molar-refractivity contribution in [2.24, 2.45) is 5.73 Å². The van der Waals surface area contributed by atoms with Gasteiger partial charge in [-0.15, -0.1) is 0 Å². The number of nitrogens with one attached hydrogen (secondary N) is 1. The Morgan fingerprint density at radius 3 is 2.63 bits per heavy atom. The molecule has 106 valence electrons. The summed E-state index contributed by atoms with van der Waals surface area (Å²) in [6.45, 7) is 0.0822. The first kappa shape index (κ1) is 16.5. The number of hydrogen-bond acceptors (Lipinski definition) is 4. The van der Waals surface area contributed by atoms with E-state index >= 15 is 0 Å². The predicted molar refractivity (Wildman–Crippen MR) is 81.5 cm³/mol. The van der Waals surface area contributed by atoms with Crippen LogP contribution in [0.15, 0.2) is 23.1 Å². The summed E-state index contributed by atoms with van der Waals surface area (Å²) in [6.07, 6.45) is 1.50. The lowest BCUT2D eigenvalue weighted by molar-refractivity contribution is 0.584. The summed E-state index contributed by atoms with van der Waals surface area (Å²) in [5.74, 6) is 0.238. The Labute approximate surface area is 125 Å². The Morgan fingerprint density at radius 2 is 2.16 bits per heavy atom. The van der Waals surface area contributed by atoms with Crippen molar-refractivity contribution in [2.45, 2.75) is 4.90 Å². The first-order chi connectivity index (χ1) is 8.74. The van der Waals surface area contributed by atoms with Gasteiger partial charge in [-0.05, 0) is 12.1 Å². The zero-order valence-corrected chi connectivity index (χ0v) is 13.3. The van der Waals surface area contributed by atoms with Crippen LogP contribution in [-0.4, -0.2) is 36.2 Å². The quantitative estimate of drug-likeness (QED) is 0.741. The van der Waals surface area contributed by atoms with Gasteiger partial charge in [-0.3, -0.25) is 4.21 Å². The van der Waals surface area contributed by atoms with E-state index < -0.39 is 20.8 Å². The lowest BCUT2D eigenvalue weighted by Crippen LogP contribution is -2.28. The normalized spacial score (nSPS) is 13.2. The van der Waals surface area contributed by atoms with Crippen molar-refractivity contribution in [2.75, 3.05) is 18.6 Å². The molecule has 1 unspecified atom stereocenters. The lowest BCUT2D eigenvalue weighted by Gasteiger charge is -2.09. The first-order valence-corrected chi connectivity index (χ1v) is 9.13. The third-order valence-corrected chi connectivity index (χ3v) is 5.15. The van der Waals surface area contributed by atoms with Crippen LogP contribution in [0.1, 0.15) is 5.56 Å². The second-order valence-corrected chi connectivity index (χ2v) is 7.82. The average molecular weight is 341 g/mol. The van der Waals surface area contributed by atoms with Crippen LogP contribution in [0.5, 0.6) is 0 Å². The van der Waals surface area contributed by atoms with Gasteiger partial charge in [-0.25, -0.2) is 13.1 Å². The molecule has 0 aliphatic carbocycles. The molecule has 0 heterocycles. The molecule has 3 N–H and O–H groups in total. The molecular formula is C10H13ClN2O3S3. The highest BCUT2D eigenvalue weighted by molar-refractivity contribution is 7.89. The average Bonchev–Trinajstić information content (AvgIpc) is 2.27. The molecule has 0 aliphatic rings. The van der Waals surface area contributed by atoms with Crippen LogP contribution >= 0.6 is 23.8 Å². The van der Waals surface area contributed by atoms with Crippen molar-refractivity contribution in [3.63, 3.8) is 0 Å². The number of halogens is 1. The lowest BCUT2D eigenvalue weighted by atomic mass is 10.2. The number of nitrogens with two attached hydrogens (primary N) is 1. The molecule has 1 atom stereocenters. The molecular weight excluding hydrogens is 328 g/mol. The molecule has 0 saturated heterocycles. The number of hydrogen-bond donors (Lipinski definition) is 2. The van der Waals surface area contributed by atoms with Gasteiger partial charge in [0.1, 0.15) is 9.88 Å². The Bertz CT molecular complexity index is 616. The molecule has 0 radical (unpaired) electrons. The van der Waals surface area contributed by atoms with Crippen LogP contribution in [0.3, 0.4) is 0 Å². The summed E-state index contributed by atoms with van der Waals surface area (Å²) in [5, 5.41) is 0.0374. The molecule has 19 heavy (non-hydrogen) atoms. The van der Waals surface area contributed by atoms with Gasteiger partial charge in [0, 0.05) is 34.9 Å². The van der Waals surface area contributed by atoms with Gasteiger partial charge < -0.3 is 5.73 Å². The fourth-order valence-electron chi connectivity index (χ4n) is 1.27. The van der Waals surface area contributed by atoms with Gasteiger partial charge in [0.15, 0.2) is 0 Å². The van der Waals surface area contributed by atoms with Crippen LogP contribution in [0.25, 0.3) is 0 Å². The summed E-state index contributed by atoms with van der Waals surface area (Å²) in [6, 6.07) is 4.22. The van der Waals surface area contributed by atoms with Gasteiger partial charge in [0.25, 0.3) is 0 Å². The van der Waals surface area contributed by atoms with Gasteiger partial charge in [-0.2, -0.15) is 0 Å². The maximum Gasteiger partial charge on any atom is 0.242 e. The van der Waals surface area contributed by atoms with E-state index in [1.807, 2.05) is 0 Å². The molecule has 1 aromatic carbocycles. The molecule has 0 aromatic heterocycles. The summed E-state index contributed by atoms with van der Waals surface area (Å²) in [7, 11) is -4.79. The minimum atomic E-state index is -3.73. The van der Waals surface area contributed by atoms with Gasteiger partial charge in [0.2, 0.25) is 10.0 Å². The number of thiocarbonyl (C=S) groups is 1. The molecule has 9 heteroatoms. The fourth-order valence-corrected chi connectivity index (χ4v) is 3.49. The van der Waals surface area contributed by atoms with Crippen LogP contribution < -0.4 is 10.5 Å². The molecule has 5 nitrogen and oxygen atoms in total. The van der Waals surface area contributed by atoms with Gasteiger partial charge in [0.05, 0.1) is 5.02 Å². The molecule has 0 saturated carbocycles. The van der Waals surface area contributed by atoms with E-state index in [9.17, 15) is 12.6 Å². The third kappa shape index (κ3) is 4.81. The van der Waals surface area contributed by atoms with Crippen LogP contribution in [-0.2, 0) is 20.8 Å². The van der Waals surface area contributed by atoms with E-state index in [1.54, 1.807) is 0 Å². The number of sulfonamides is 1. The maximum atomic E-state index is 12.0. The second kappa shape index (κ2) is 6.76. The first-order valence-electron chi connectivity index (χ1n) is 5.13. The van der Waals surface area contributed by atoms with Crippen molar-refractivity contribution in [1.29, 1.82) is 0 Å². The third-order valence-electron chi connectivity index (χ3n) is 2.19. The highest BCUT2D eigenvalue weighted by Crippen LogP contribution is 2.22. The van der Waals surface area contributed by atoms with Gasteiger partial charge in [-0.1, -0.05) is 29.9 Å². The minimum absolute atomic E-state index is 0.0374. The van der Waals surface area contributed by atoms with Crippen LogP contribution in [0.4, 0.5) is 0 Å². The van der Waals surface area contributed by atoms with Crippen molar-refractivity contribution >= 4 is 49.6 Å². The van der Waals surface area contributed by atoms with Crippen LogP contribution in [0, 0.1) is 0 Å². The van der Waals surface area contributed by atoms with E-state index in [1.165, 1.54) is 24.5 Å². The van der Waals surface area contributed by atoms with Crippen molar-refractivity contribution < 1.29 is 12.6 Å². The van der Waals surface area contributed by atoms with Gasteiger partial charge >= 0.3 is 0 Å². The molecule has 1 rings (SSSR count). The largest absolute Gasteiger partial charge is 0.389 e. The highest BCUT2D eigenvalue weighted by atomic mass is 35.5. The van der Waals surface area contributed by atoms with E-state index in [0.29, 0.717) is 5.56 Å². The molecule has 1 aromatic rings. The summed E-state index contributed by atoms with van der Waals surface area (Å²) >= 11 is 10.7. The Balaban J connectivity index is 2.96. The summed E-state index contributed by atoms with van der Waals surface area (Å²) in [5.41, 5.74) is 5.92. The van der Waals surface area contributed by atoms with E-state index in [4.69, 9.17) is 29.6 Å². The maximum absolute atomic E-state index is 12.0. The predicted octanol–water partition coefficient (Wildman–Crippen LogP) is 0.631. The standard InChI is InChI=1S/C10H13ClN2O3S3/c1-18(14)5-4-13-19(15,16)9-3-2-7(10(12)17)6-8(9)11/h2-3,6,13H,4-5H2,1H3,(H2,12,17). The smallest absolute Gasteiger partial charge is 0.242 e. The highest BCUT2D eigenvalue weighted by Gasteiger charge is 2.18.